The summed E-state index contributed by atoms with van der Waals surface area (Å²) in [5.74, 6) is 0.581. The predicted octanol–water partition coefficient (Wildman–Crippen LogP) is 5.04. The van der Waals surface area contributed by atoms with Crippen LogP contribution in [0.2, 0.25) is 0 Å². The molecule has 4 rings (SSSR count). The predicted molar refractivity (Wildman–Crippen MR) is 114 cm³/mol. The Balaban J connectivity index is 1.41. The first-order chi connectivity index (χ1) is 13.7. The molecule has 0 aliphatic rings. The van der Waals surface area contributed by atoms with Crippen LogP contribution in [0, 0.1) is 0 Å². The number of amides is 1. The molecule has 1 amide bonds. The highest BCUT2D eigenvalue weighted by molar-refractivity contribution is 7.99. The quantitative estimate of drug-likeness (QED) is 0.358. The maximum Gasteiger partial charge on any atom is 0.345 e. The van der Waals surface area contributed by atoms with Gasteiger partial charge in [0.2, 0.25) is 5.91 Å². The van der Waals surface area contributed by atoms with E-state index in [-0.39, 0.29) is 5.91 Å². The molecule has 7 heteroatoms. The van der Waals surface area contributed by atoms with Gasteiger partial charge in [0.1, 0.15) is 5.58 Å². The SMILES string of the molecule is O=C(CCSc1ccccc1)Nc1nc(-c2cc3ccccc3oc2=O)cs1. The molecular formula is C21H16N2O3S2. The summed E-state index contributed by atoms with van der Waals surface area (Å²) in [6.07, 6.45) is 0.382. The number of nitrogens with one attached hydrogen (secondary N) is 1. The molecule has 0 bridgehead atoms. The monoisotopic (exact) mass is 408 g/mol. The maximum absolute atomic E-state index is 12.2. The highest BCUT2D eigenvalue weighted by Crippen LogP contribution is 2.25. The minimum atomic E-state index is -0.443. The van der Waals surface area contributed by atoms with Gasteiger partial charge in [-0.25, -0.2) is 9.78 Å². The normalized spacial score (nSPS) is 10.9. The zero-order chi connectivity index (χ0) is 19.3. The second-order valence-electron chi connectivity index (χ2n) is 5.98. The Morgan fingerprint density at radius 2 is 1.89 bits per heavy atom. The summed E-state index contributed by atoms with van der Waals surface area (Å²) in [6, 6.07) is 19.0. The van der Waals surface area contributed by atoms with Gasteiger partial charge in [0, 0.05) is 27.8 Å². The van der Waals surface area contributed by atoms with E-state index in [1.807, 2.05) is 48.5 Å². The second kappa shape index (κ2) is 8.41. The van der Waals surface area contributed by atoms with Crippen LogP contribution >= 0.6 is 23.1 Å². The number of nitrogens with zero attached hydrogens (tertiary/aromatic N) is 1. The third-order valence-electron chi connectivity index (χ3n) is 4.01. The van der Waals surface area contributed by atoms with Crippen LogP contribution in [-0.4, -0.2) is 16.6 Å². The summed E-state index contributed by atoms with van der Waals surface area (Å²) < 4.78 is 5.35. The van der Waals surface area contributed by atoms with Gasteiger partial charge in [0.05, 0.1) is 11.3 Å². The van der Waals surface area contributed by atoms with Gasteiger partial charge in [-0.1, -0.05) is 36.4 Å². The zero-order valence-electron chi connectivity index (χ0n) is 14.8. The lowest BCUT2D eigenvalue weighted by Gasteiger charge is -2.02. The molecule has 0 saturated heterocycles. The van der Waals surface area contributed by atoms with Crippen molar-refractivity contribution < 1.29 is 9.21 Å². The molecule has 0 radical (unpaired) electrons. The molecule has 0 aliphatic carbocycles. The fourth-order valence-corrected chi connectivity index (χ4v) is 4.25. The fraction of sp³-hybridized carbons (Fsp3) is 0.0952. The van der Waals surface area contributed by atoms with Crippen molar-refractivity contribution in [3.63, 3.8) is 0 Å². The number of fused-ring (bicyclic) bond motifs is 1. The van der Waals surface area contributed by atoms with Crippen LogP contribution in [-0.2, 0) is 4.79 Å². The summed E-state index contributed by atoms with van der Waals surface area (Å²) >= 11 is 2.92. The number of carbonyl (C=O) groups is 1. The highest BCUT2D eigenvalue weighted by atomic mass is 32.2. The number of thioether (sulfide) groups is 1. The standard InChI is InChI=1S/C21H16N2O3S2/c24-19(10-11-27-15-7-2-1-3-8-15)23-21-22-17(13-28-21)16-12-14-6-4-5-9-18(14)26-20(16)25/h1-9,12-13H,10-11H2,(H,22,23,24). The summed E-state index contributed by atoms with van der Waals surface area (Å²) in [5.41, 5.74) is 0.977. The Bertz CT molecular complexity index is 1170. The Morgan fingerprint density at radius 1 is 1.11 bits per heavy atom. The van der Waals surface area contributed by atoms with Crippen LogP contribution in [0.25, 0.3) is 22.2 Å². The molecule has 4 aromatic rings. The van der Waals surface area contributed by atoms with Crippen molar-refractivity contribution >= 4 is 45.1 Å². The minimum Gasteiger partial charge on any atom is -0.422 e. The molecule has 0 aliphatic heterocycles. The van der Waals surface area contributed by atoms with Crippen molar-refractivity contribution in [1.82, 2.24) is 4.98 Å². The Labute approximate surface area is 169 Å². The molecule has 0 atom stereocenters. The van der Waals surface area contributed by atoms with Crippen molar-refractivity contribution in [2.75, 3.05) is 11.1 Å². The van der Waals surface area contributed by atoms with E-state index in [1.54, 1.807) is 29.3 Å². The van der Waals surface area contributed by atoms with Crippen LogP contribution in [0.5, 0.6) is 0 Å². The number of benzene rings is 2. The molecule has 2 aromatic heterocycles. The molecule has 0 spiro atoms. The highest BCUT2D eigenvalue weighted by Gasteiger charge is 2.13. The molecule has 5 nitrogen and oxygen atoms in total. The van der Waals surface area contributed by atoms with Crippen molar-refractivity contribution in [3.8, 4) is 11.3 Å². The number of hydrogen-bond donors (Lipinski definition) is 1. The van der Waals surface area contributed by atoms with E-state index in [0.717, 1.165) is 10.3 Å². The molecule has 2 aromatic carbocycles. The number of aromatic nitrogens is 1. The molecule has 2 heterocycles. The van der Waals surface area contributed by atoms with E-state index in [2.05, 4.69) is 10.3 Å². The second-order valence-corrected chi connectivity index (χ2v) is 8.01. The number of hydrogen-bond acceptors (Lipinski definition) is 6. The van der Waals surface area contributed by atoms with E-state index in [4.69, 9.17) is 4.42 Å². The van der Waals surface area contributed by atoms with Gasteiger partial charge in [-0.3, -0.25) is 4.79 Å². The van der Waals surface area contributed by atoms with Crippen LogP contribution < -0.4 is 10.9 Å². The average Bonchev–Trinajstić information content (AvgIpc) is 3.16. The summed E-state index contributed by atoms with van der Waals surface area (Å²) in [5, 5.41) is 5.84. The molecule has 0 unspecified atom stereocenters. The Morgan fingerprint density at radius 3 is 2.75 bits per heavy atom. The van der Waals surface area contributed by atoms with Gasteiger partial charge in [-0.2, -0.15) is 0 Å². The number of anilines is 1. The van der Waals surface area contributed by atoms with Gasteiger partial charge in [0.15, 0.2) is 5.13 Å². The zero-order valence-corrected chi connectivity index (χ0v) is 16.4. The van der Waals surface area contributed by atoms with E-state index >= 15 is 0 Å². The van der Waals surface area contributed by atoms with Crippen molar-refractivity contribution in [2.45, 2.75) is 11.3 Å². The topological polar surface area (TPSA) is 72.2 Å². The number of para-hydroxylation sites is 1. The number of rotatable bonds is 6. The third kappa shape index (κ3) is 4.32. The first-order valence-electron chi connectivity index (χ1n) is 8.65. The minimum absolute atomic E-state index is 0.102. The van der Waals surface area contributed by atoms with Crippen LogP contribution in [0.4, 0.5) is 5.13 Å². The first-order valence-corrected chi connectivity index (χ1v) is 10.5. The maximum atomic E-state index is 12.2. The molecule has 1 N–H and O–H groups in total. The van der Waals surface area contributed by atoms with Gasteiger partial charge >= 0.3 is 5.63 Å². The van der Waals surface area contributed by atoms with Gasteiger partial charge in [-0.15, -0.1) is 23.1 Å². The largest absolute Gasteiger partial charge is 0.422 e. The first kappa shape index (κ1) is 18.5. The smallest absolute Gasteiger partial charge is 0.345 e. The van der Waals surface area contributed by atoms with E-state index in [9.17, 15) is 9.59 Å². The average molecular weight is 409 g/mol. The van der Waals surface area contributed by atoms with Crippen molar-refractivity contribution in [1.29, 1.82) is 0 Å². The summed E-state index contributed by atoms with van der Waals surface area (Å²) in [6.45, 7) is 0. The van der Waals surface area contributed by atoms with Crippen LogP contribution in [0.1, 0.15) is 6.42 Å². The van der Waals surface area contributed by atoms with Gasteiger partial charge in [0.25, 0.3) is 0 Å². The van der Waals surface area contributed by atoms with Gasteiger partial charge < -0.3 is 9.73 Å². The summed E-state index contributed by atoms with van der Waals surface area (Å²) in [7, 11) is 0. The third-order valence-corrected chi connectivity index (χ3v) is 5.78. The Kier molecular flexibility index (Phi) is 5.55. The number of thiazole rings is 1. The van der Waals surface area contributed by atoms with E-state index < -0.39 is 5.63 Å². The molecule has 140 valence electrons. The molecule has 0 fully saturated rings. The van der Waals surface area contributed by atoms with Gasteiger partial charge in [-0.05, 0) is 24.3 Å². The van der Waals surface area contributed by atoms with Crippen LogP contribution in [0.3, 0.4) is 0 Å². The van der Waals surface area contributed by atoms with E-state index in [0.29, 0.717) is 34.1 Å². The number of carbonyl (C=O) groups excluding carboxylic acids is 1. The molecule has 28 heavy (non-hydrogen) atoms. The van der Waals surface area contributed by atoms with E-state index in [1.165, 1.54) is 11.3 Å². The fourth-order valence-electron chi connectivity index (χ4n) is 2.66. The Hall–Kier alpha value is -2.90. The van der Waals surface area contributed by atoms with Crippen molar-refractivity contribution in [3.05, 3.63) is 76.5 Å². The van der Waals surface area contributed by atoms with Crippen molar-refractivity contribution in [2.24, 2.45) is 0 Å². The summed E-state index contributed by atoms with van der Waals surface area (Å²) in [4.78, 5) is 29.9. The molecular weight excluding hydrogens is 392 g/mol. The lowest BCUT2D eigenvalue weighted by molar-refractivity contribution is -0.115. The molecule has 0 saturated carbocycles. The lowest BCUT2D eigenvalue weighted by Crippen LogP contribution is -2.12. The van der Waals surface area contributed by atoms with Crippen LogP contribution in [0.15, 0.2) is 80.2 Å². The lowest BCUT2D eigenvalue weighted by atomic mass is 10.1.